The molecular weight excluding hydrogens is 260 g/mol. The highest BCUT2D eigenvalue weighted by molar-refractivity contribution is 7.13. The molecule has 1 aromatic rings. The molecule has 5 nitrogen and oxygen atoms in total. The van der Waals surface area contributed by atoms with Crippen molar-refractivity contribution >= 4 is 22.4 Å². The Morgan fingerprint density at radius 2 is 2.53 bits per heavy atom. The van der Waals surface area contributed by atoms with E-state index in [0.29, 0.717) is 17.7 Å². The minimum absolute atomic E-state index is 0.0573. The standard InChI is InChI=1S/C13H20N4OS/c1-9-8-19-13(15-9)16-12(18)7-17-4-2-3-10-5-14-6-11(10)17/h8,10-11,14H,2-7H2,1H3,(H,15,16,18). The number of hydrogen-bond acceptors (Lipinski definition) is 5. The van der Waals surface area contributed by atoms with Crippen molar-refractivity contribution in [1.29, 1.82) is 0 Å². The van der Waals surface area contributed by atoms with Gasteiger partial charge in [-0.3, -0.25) is 9.69 Å². The molecule has 2 saturated heterocycles. The van der Waals surface area contributed by atoms with Crippen LogP contribution in [0, 0.1) is 12.8 Å². The zero-order valence-corrected chi connectivity index (χ0v) is 12.0. The lowest BCUT2D eigenvalue weighted by Crippen LogP contribution is -2.48. The van der Waals surface area contributed by atoms with E-state index in [9.17, 15) is 4.79 Å². The molecule has 0 aromatic carbocycles. The zero-order chi connectivity index (χ0) is 13.2. The molecule has 2 aliphatic rings. The molecular formula is C13H20N4OS. The molecule has 19 heavy (non-hydrogen) atoms. The molecule has 2 atom stereocenters. The van der Waals surface area contributed by atoms with Crippen LogP contribution in [0.4, 0.5) is 5.13 Å². The van der Waals surface area contributed by atoms with Gasteiger partial charge in [0, 0.05) is 18.0 Å². The summed E-state index contributed by atoms with van der Waals surface area (Å²) in [6.07, 6.45) is 2.49. The number of thiazole rings is 1. The summed E-state index contributed by atoms with van der Waals surface area (Å²) in [6.45, 7) is 5.59. The Kier molecular flexibility index (Phi) is 3.81. The predicted octanol–water partition coefficient (Wildman–Crippen LogP) is 1.07. The highest BCUT2D eigenvalue weighted by Gasteiger charge is 2.35. The maximum atomic E-state index is 12.1. The number of piperidine rings is 1. The first-order valence-electron chi connectivity index (χ1n) is 6.89. The number of rotatable bonds is 3. The fourth-order valence-corrected chi connectivity index (χ4v) is 3.82. The minimum Gasteiger partial charge on any atom is -0.315 e. The lowest BCUT2D eigenvalue weighted by atomic mass is 9.92. The quantitative estimate of drug-likeness (QED) is 0.870. The van der Waals surface area contributed by atoms with Gasteiger partial charge in [0.2, 0.25) is 5.91 Å². The van der Waals surface area contributed by atoms with Gasteiger partial charge in [-0.05, 0) is 38.8 Å². The lowest BCUT2D eigenvalue weighted by Gasteiger charge is -2.36. The molecule has 1 aromatic heterocycles. The van der Waals surface area contributed by atoms with Crippen LogP contribution >= 0.6 is 11.3 Å². The van der Waals surface area contributed by atoms with Crippen molar-refractivity contribution in [1.82, 2.24) is 15.2 Å². The Balaban J connectivity index is 1.56. The molecule has 2 N–H and O–H groups in total. The third kappa shape index (κ3) is 2.96. The number of aromatic nitrogens is 1. The van der Waals surface area contributed by atoms with E-state index < -0.39 is 0 Å². The second-order valence-corrected chi connectivity index (χ2v) is 6.30. The number of carbonyl (C=O) groups excluding carboxylic acids is 1. The third-order valence-electron chi connectivity index (χ3n) is 4.01. The van der Waals surface area contributed by atoms with Crippen molar-refractivity contribution in [2.45, 2.75) is 25.8 Å². The molecule has 2 aliphatic heterocycles. The summed E-state index contributed by atoms with van der Waals surface area (Å²) in [5, 5.41) is 8.99. The van der Waals surface area contributed by atoms with Gasteiger partial charge < -0.3 is 10.6 Å². The molecule has 0 spiro atoms. The Hall–Kier alpha value is -0.980. The maximum absolute atomic E-state index is 12.1. The normalized spacial score (nSPS) is 27.2. The van der Waals surface area contributed by atoms with Gasteiger partial charge in [-0.1, -0.05) is 0 Å². The largest absolute Gasteiger partial charge is 0.315 e. The van der Waals surface area contributed by atoms with Crippen molar-refractivity contribution in [2.75, 3.05) is 31.5 Å². The summed E-state index contributed by atoms with van der Waals surface area (Å²) in [5.41, 5.74) is 0.957. The average molecular weight is 280 g/mol. The zero-order valence-electron chi connectivity index (χ0n) is 11.2. The van der Waals surface area contributed by atoms with Crippen LogP contribution < -0.4 is 10.6 Å². The molecule has 0 aliphatic carbocycles. The SMILES string of the molecule is Cc1csc(NC(=O)CN2CCCC3CNCC32)n1. The third-order valence-corrected chi connectivity index (χ3v) is 4.88. The Morgan fingerprint density at radius 3 is 3.32 bits per heavy atom. The molecule has 2 unspecified atom stereocenters. The van der Waals surface area contributed by atoms with Gasteiger partial charge in [-0.15, -0.1) is 11.3 Å². The van der Waals surface area contributed by atoms with Gasteiger partial charge in [0.1, 0.15) is 0 Å². The van der Waals surface area contributed by atoms with E-state index in [0.717, 1.165) is 31.2 Å². The Labute approximate surface area is 117 Å². The molecule has 0 saturated carbocycles. The highest BCUT2D eigenvalue weighted by atomic mass is 32.1. The van der Waals surface area contributed by atoms with Crippen LogP contribution in [0.2, 0.25) is 0 Å². The number of anilines is 1. The number of aryl methyl sites for hydroxylation is 1. The number of nitrogens with zero attached hydrogens (tertiary/aromatic N) is 2. The fraction of sp³-hybridized carbons (Fsp3) is 0.692. The number of likely N-dealkylation sites (tertiary alicyclic amines) is 1. The van der Waals surface area contributed by atoms with Crippen molar-refractivity contribution in [2.24, 2.45) is 5.92 Å². The van der Waals surface area contributed by atoms with Crippen molar-refractivity contribution in [3.8, 4) is 0 Å². The average Bonchev–Trinajstić information content (AvgIpc) is 2.98. The lowest BCUT2D eigenvalue weighted by molar-refractivity contribution is -0.118. The summed E-state index contributed by atoms with van der Waals surface area (Å²) in [7, 11) is 0. The maximum Gasteiger partial charge on any atom is 0.240 e. The monoisotopic (exact) mass is 280 g/mol. The van der Waals surface area contributed by atoms with E-state index in [1.54, 1.807) is 0 Å². The van der Waals surface area contributed by atoms with Gasteiger partial charge in [-0.25, -0.2) is 4.98 Å². The highest BCUT2D eigenvalue weighted by Crippen LogP contribution is 2.26. The van der Waals surface area contributed by atoms with E-state index >= 15 is 0 Å². The van der Waals surface area contributed by atoms with Crippen LogP contribution in [0.1, 0.15) is 18.5 Å². The first-order chi connectivity index (χ1) is 9.22. The number of amides is 1. The summed E-state index contributed by atoms with van der Waals surface area (Å²) < 4.78 is 0. The second-order valence-electron chi connectivity index (χ2n) is 5.44. The van der Waals surface area contributed by atoms with Crippen LogP contribution in [-0.4, -0.2) is 48.0 Å². The fourth-order valence-electron chi connectivity index (χ4n) is 3.11. The van der Waals surface area contributed by atoms with Crippen molar-refractivity contribution in [3.63, 3.8) is 0 Å². The molecule has 104 valence electrons. The molecule has 3 heterocycles. The van der Waals surface area contributed by atoms with Crippen molar-refractivity contribution < 1.29 is 4.79 Å². The topological polar surface area (TPSA) is 57.3 Å². The van der Waals surface area contributed by atoms with E-state index in [1.807, 2.05) is 12.3 Å². The van der Waals surface area contributed by atoms with Gasteiger partial charge >= 0.3 is 0 Å². The molecule has 2 fully saturated rings. The van der Waals surface area contributed by atoms with E-state index in [2.05, 4.69) is 20.5 Å². The molecule has 6 heteroatoms. The van der Waals surface area contributed by atoms with Gasteiger partial charge in [-0.2, -0.15) is 0 Å². The van der Waals surface area contributed by atoms with E-state index in [-0.39, 0.29) is 5.91 Å². The molecule has 0 bridgehead atoms. The van der Waals surface area contributed by atoms with Crippen LogP contribution in [0.3, 0.4) is 0 Å². The van der Waals surface area contributed by atoms with E-state index in [1.165, 1.54) is 24.2 Å². The smallest absolute Gasteiger partial charge is 0.240 e. The number of carbonyl (C=O) groups is 1. The van der Waals surface area contributed by atoms with Crippen LogP contribution in [0.15, 0.2) is 5.38 Å². The first kappa shape index (κ1) is 13.0. The Morgan fingerprint density at radius 1 is 1.63 bits per heavy atom. The van der Waals surface area contributed by atoms with Gasteiger partial charge in [0.05, 0.1) is 12.2 Å². The number of hydrogen-bond donors (Lipinski definition) is 2. The van der Waals surface area contributed by atoms with Crippen LogP contribution in [-0.2, 0) is 4.79 Å². The van der Waals surface area contributed by atoms with E-state index in [4.69, 9.17) is 0 Å². The van der Waals surface area contributed by atoms with Crippen LogP contribution in [0.5, 0.6) is 0 Å². The molecule has 0 radical (unpaired) electrons. The Bertz CT molecular complexity index is 461. The van der Waals surface area contributed by atoms with Crippen molar-refractivity contribution in [3.05, 3.63) is 11.1 Å². The number of fused-ring (bicyclic) bond motifs is 1. The second kappa shape index (κ2) is 5.56. The van der Waals surface area contributed by atoms with Gasteiger partial charge in [0.25, 0.3) is 0 Å². The van der Waals surface area contributed by atoms with Crippen LogP contribution in [0.25, 0.3) is 0 Å². The predicted molar refractivity (Wildman–Crippen MR) is 76.4 cm³/mol. The summed E-state index contributed by atoms with van der Waals surface area (Å²) in [4.78, 5) is 18.7. The molecule has 3 rings (SSSR count). The summed E-state index contributed by atoms with van der Waals surface area (Å²) >= 11 is 1.49. The summed E-state index contributed by atoms with van der Waals surface area (Å²) in [5.74, 6) is 0.783. The summed E-state index contributed by atoms with van der Waals surface area (Å²) in [6, 6.07) is 0.539. The number of nitrogens with one attached hydrogen (secondary N) is 2. The molecule has 1 amide bonds. The van der Waals surface area contributed by atoms with Gasteiger partial charge in [0.15, 0.2) is 5.13 Å². The first-order valence-corrected chi connectivity index (χ1v) is 7.77. The minimum atomic E-state index is 0.0573.